The Morgan fingerprint density at radius 2 is 1.55 bits per heavy atom. The van der Waals surface area contributed by atoms with Crippen LogP contribution in [-0.2, 0) is 32.2 Å². The minimum atomic E-state index is -0.895. The molecule has 6 nitrogen and oxygen atoms in total. The molecule has 0 aliphatic heterocycles. The third-order valence-corrected chi connectivity index (χ3v) is 4.53. The fraction of sp³-hybridized carbons (Fsp3) is 0.391. The molecule has 0 saturated heterocycles. The molecule has 6 heteroatoms. The number of aryl methyl sites for hydroxylation is 1. The smallest absolute Gasteiger partial charge is 0.308 e. The lowest BCUT2D eigenvalue weighted by atomic mass is 10.0. The molecule has 0 heterocycles. The van der Waals surface area contributed by atoms with E-state index in [2.05, 4.69) is 17.6 Å². The van der Waals surface area contributed by atoms with Gasteiger partial charge in [-0.15, -0.1) is 0 Å². The van der Waals surface area contributed by atoms with Crippen molar-refractivity contribution < 1.29 is 24.3 Å². The number of benzene rings is 2. The molecular weight excluding hydrogens is 370 g/mol. The van der Waals surface area contributed by atoms with Crippen molar-refractivity contribution in [2.45, 2.75) is 38.7 Å². The second kappa shape index (κ2) is 13.5. The van der Waals surface area contributed by atoms with Crippen molar-refractivity contribution in [1.82, 2.24) is 5.48 Å². The van der Waals surface area contributed by atoms with Crippen LogP contribution < -0.4 is 5.48 Å². The van der Waals surface area contributed by atoms with Gasteiger partial charge in [-0.25, -0.2) is 5.48 Å². The van der Waals surface area contributed by atoms with Gasteiger partial charge in [-0.2, -0.15) is 0 Å². The Bertz CT molecular complexity index is 721. The molecule has 0 unspecified atom stereocenters. The predicted molar refractivity (Wildman–Crippen MR) is 110 cm³/mol. The minimum Gasteiger partial charge on any atom is -0.481 e. The van der Waals surface area contributed by atoms with E-state index in [1.54, 1.807) is 0 Å². The van der Waals surface area contributed by atoms with Gasteiger partial charge in [0.2, 0.25) is 0 Å². The van der Waals surface area contributed by atoms with E-state index in [9.17, 15) is 14.7 Å². The van der Waals surface area contributed by atoms with Crippen molar-refractivity contribution in [2.75, 3.05) is 13.2 Å². The van der Waals surface area contributed by atoms with Crippen LogP contribution in [0.4, 0.5) is 0 Å². The van der Waals surface area contributed by atoms with Crippen LogP contribution in [0.5, 0.6) is 0 Å². The topological polar surface area (TPSA) is 84.9 Å². The lowest BCUT2D eigenvalue weighted by Gasteiger charge is -2.13. The van der Waals surface area contributed by atoms with Crippen LogP contribution in [0.1, 0.15) is 36.8 Å². The van der Waals surface area contributed by atoms with E-state index in [1.807, 2.05) is 48.5 Å². The molecule has 0 spiro atoms. The summed E-state index contributed by atoms with van der Waals surface area (Å²) in [7, 11) is 0. The number of hydrogen-bond donors (Lipinski definition) is 2. The third kappa shape index (κ3) is 9.87. The Morgan fingerprint density at radius 3 is 2.21 bits per heavy atom. The highest BCUT2D eigenvalue weighted by Crippen LogP contribution is 2.13. The summed E-state index contributed by atoms with van der Waals surface area (Å²) in [5, 5.41) is 9.34. The van der Waals surface area contributed by atoms with E-state index >= 15 is 0 Å². The van der Waals surface area contributed by atoms with Gasteiger partial charge in [-0.1, -0.05) is 73.5 Å². The summed E-state index contributed by atoms with van der Waals surface area (Å²) >= 11 is 0. The summed E-state index contributed by atoms with van der Waals surface area (Å²) in [4.78, 5) is 28.2. The van der Waals surface area contributed by atoms with Crippen LogP contribution >= 0.6 is 0 Å². The van der Waals surface area contributed by atoms with E-state index in [0.717, 1.165) is 31.2 Å². The number of unbranched alkanes of at least 4 members (excludes halogenated alkanes) is 2. The van der Waals surface area contributed by atoms with Gasteiger partial charge >= 0.3 is 5.97 Å². The zero-order valence-corrected chi connectivity index (χ0v) is 16.6. The number of amides is 1. The molecule has 0 aromatic heterocycles. The van der Waals surface area contributed by atoms with Crippen molar-refractivity contribution in [1.29, 1.82) is 0 Å². The van der Waals surface area contributed by atoms with Crippen molar-refractivity contribution >= 4 is 11.9 Å². The van der Waals surface area contributed by atoms with Crippen molar-refractivity contribution in [2.24, 2.45) is 5.92 Å². The first kappa shape index (κ1) is 22.6. The molecule has 1 amide bonds. The molecule has 0 fully saturated rings. The second-order valence-electron chi connectivity index (χ2n) is 6.93. The van der Waals surface area contributed by atoms with E-state index in [0.29, 0.717) is 6.42 Å². The molecule has 1 atom stereocenters. The first-order valence-electron chi connectivity index (χ1n) is 9.94. The first-order valence-corrected chi connectivity index (χ1v) is 9.94. The van der Waals surface area contributed by atoms with Gasteiger partial charge < -0.3 is 9.84 Å². The van der Waals surface area contributed by atoms with E-state index in [-0.39, 0.29) is 19.8 Å². The largest absolute Gasteiger partial charge is 0.481 e. The highest BCUT2D eigenvalue weighted by atomic mass is 16.7. The molecule has 2 aromatic carbocycles. The molecule has 2 aromatic rings. The summed E-state index contributed by atoms with van der Waals surface area (Å²) in [6.07, 6.45) is 4.35. The maximum Gasteiger partial charge on any atom is 0.308 e. The van der Waals surface area contributed by atoms with E-state index in [4.69, 9.17) is 9.57 Å². The number of hydroxylamine groups is 1. The lowest BCUT2D eigenvalue weighted by Crippen LogP contribution is -2.29. The summed E-state index contributed by atoms with van der Waals surface area (Å²) < 4.78 is 5.28. The van der Waals surface area contributed by atoms with Crippen molar-refractivity contribution in [3.8, 4) is 0 Å². The van der Waals surface area contributed by atoms with Gasteiger partial charge in [-0.05, 0) is 30.4 Å². The van der Waals surface area contributed by atoms with Gasteiger partial charge in [0.1, 0.15) is 6.61 Å². The summed E-state index contributed by atoms with van der Waals surface area (Å²) in [5.41, 5.74) is 4.53. The number of ether oxygens (including phenoxy) is 1. The number of nitrogens with one attached hydrogen (secondary N) is 1. The standard InChI is InChI=1S/C23H29NO5/c25-22(24-29-16-20-13-7-2-8-14-20)18-28-17-21(23(26)27)15-9-3-6-12-19-10-4-1-5-11-19/h1-2,4-5,7-8,10-11,13-14,21H,3,6,9,12,15-18H2,(H,24,25)(H,26,27)/t21-/m1/s1. The summed E-state index contributed by atoms with van der Waals surface area (Å²) in [6.45, 7) is 0.0417. The third-order valence-electron chi connectivity index (χ3n) is 4.53. The molecular formula is C23H29NO5. The Labute approximate surface area is 171 Å². The van der Waals surface area contributed by atoms with E-state index in [1.165, 1.54) is 5.56 Å². The summed E-state index contributed by atoms with van der Waals surface area (Å²) in [6, 6.07) is 19.7. The SMILES string of the molecule is O=C(COC[C@@H](CCCCCc1ccccc1)C(=O)O)NOCc1ccccc1. The zero-order chi connectivity index (χ0) is 20.7. The summed E-state index contributed by atoms with van der Waals surface area (Å²) in [5.74, 6) is -1.94. The van der Waals surface area contributed by atoms with Crippen molar-refractivity contribution in [3.63, 3.8) is 0 Å². The molecule has 29 heavy (non-hydrogen) atoms. The number of carboxylic acids is 1. The highest BCUT2D eigenvalue weighted by molar-refractivity contribution is 5.76. The predicted octanol–water partition coefficient (Wildman–Crippen LogP) is 3.75. The number of carbonyl (C=O) groups excluding carboxylic acids is 1. The van der Waals surface area contributed by atoms with Gasteiger partial charge in [-0.3, -0.25) is 14.4 Å². The molecule has 0 bridgehead atoms. The fourth-order valence-electron chi connectivity index (χ4n) is 2.92. The maximum absolute atomic E-state index is 11.7. The van der Waals surface area contributed by atoms with E-state index < -0.39 is 17.8 Å². The molecule has 2 rings (SSSR count). The quantitative estimate of drug-likeness (QED) is 0.373. The lowest BCUT2D eigenvalue weighted by molar-refractivity contribution is -0.147. The number of rotatable bonds is 14. The van der Waals surface area contributed by atoms with Gasteiger partial charge in [0.25, 0.3) is 5.91 Å². The molecule has 156 valence electrons. The molecule has 0 aliphatic carbocycles. The average molecular weight is 399 g/mol. The van der Waals surface area contributed by atoms with Crippen LogP contribution in [0.15, 0.2) is 60.7 Å². The number of aliphatic carboxylic acids is 1. The van der Waals surface area contributed by atoms with Gasteiger partial charge in [0.15, 0.2) is 0 Å². The molecule has 2 N–H and O–H groups in total. The first-order chi connectivity index (χ1) is 14.1. The Balaban J connectivity index is 1.54. The average Bonchev–Trinajstić information content (AvgIpc) is 2.73. The molecule has 0 saturated carbocycles. The normalized spacial score (nSPS) is 11.7. The van der Waals surface area contributed by atoms with Gasteiger partial charge in [0, 0.05) is 0 Å². The monoisotopic (exact) mass is 399 g/mol. The van der Waals surface area contributed by atoms with Crippen LogP contribution in [0.2, 0.25) is 0 Å². The second-order valence-corrected chi connectivity index (χ2v) is 6.93. The Hall–Kier alpha value is -2.70. The zero-order valence-electron chi connectivity index (χ0n) is 16.6. The highest BCUT2D eigenvalue weighted by Gasteiger charge is 2.18. The fourth-order valence-corrected chi connectivity index (χ4v) is 2.92. The van der Waals surface area contributed by atoms with Crippen LogP contribution in [-0.4, -0.2) is 30.2 Å². The van der Waals surface area contributed by atoms with Crippen molar-refractivity contribution in [3.05, 3.63) is 71.8 Å². The molecule has 0 aliphatic rings. The van der Waals surface area contributed by atoms with Gasteiger partial charge in [0.05, 0.1) is 19.1 Å². The number of carboxylic acid groups (broad SMARTS) is 1. The Kier molecular flexibility index (Phi) is 10.5. The Morgan fingerprint density at radius 1 is 0.897 bits per heavy atom. The van der Waals surface area contributed by atoms with Crippen LogP contribution in [0.3, 0.4) is 0 Å². The van der Waals surface area contributed by atoms with Crippen LogP contribution in [0, 0.1) is 5.92 Å². The van der Waals surface area contributed by atoms with Crippen LogP contribution in [0.25, 0.3) is 0 Å². The molecule has 0 radical (unpaired) electrons. The minimum absolute atomic E-state index is 0.0140. The number of hydrogen-bond acceptors (Lipinski definition) is 4. The number of carbonyl (C=O) groups is 2. The maximum atomic E-state index is 11.7.